The van der Waals surface area contributed by atoms with Crippen LogP contribution in [0.25, 0.3) is 0 Å². The molecule has 0 radical (unpaired) electrons. The van der Waals surface area contributed by atoms with E-state index in [4.69, 9.17) is 14.2 Å². The number of rotatable bonds is 5. The van der Waals surface area contributed by atoms with Gasteiger partial charge in [0.25, 0.3) is 0 Å². The minimum absolute atomic E-state index is 0.0214. The molecule has 8 heteroatoms. The number of nitriles is 1. The molecule has 0 atom stereocenters. The topological polar surface area (TPSA) is 76.4 Å². The van der Waals surface area contributed by atoms with Crippen LogP contribution in [-0.4, -0.2) is 15.0 Å². The Morgan fingerprint density at radius 2 is 1.78 bits per heavy atom. The summed E-state index contributed by atoms with van der Waals surface area (Å²) in [4.78, 5) is -1.19. The van der Waals surface area contributed by atoms with E-state index in [2.05, 4.69) is 0 Å². The zero-order chi connectivity index (χ0) is 17.0. The summed E-state index contributed by atoms with van der Waals surface area (Å²) in [6.07, 6.45) is 0. The molecule has 0 N–H and O–H groups in total. The lowest BCUT2D eigenvalue weighted by Gasteiger charge is -2.12. The fourth-order valence-electron chi connectivity index (χ4n) is 1.80. The standard InChI is InChI=1S/C15H11F2NO4S/c1-2-21-14-8-10(9-18)6-7-13(14)22-23(19,20)15-11(16)4-3-5-12(15)17/h3-8H,2H2,1H3. The molecule has 0 spiro atoms. The first-order valence-electron chi connectivity index (χ1n) is 6.44. The maximum atomic E-state index is 13.6. The Hall–Kier alpha value is -2.66. The SMILES string of the molecule is CCOc1cc(C#N)ccc1OS(=O)(=O)c1c(F)cccc1F. The molecule has 2 rings (SSSR count). The van der Waals surface area contributed by atoms with Crippen LogP contribution in [-0.2, 0) is 10.1 Å². The van der Waals surface area contributed by atoms with Crippen molar-refractivity contribution in [1.29, 1.82) is 5.26 Å². The number of hydrogen-bond donors (Lipinski definition) is 0. The molecular formula is C15H11F2NO4S. The first-order chi connectivity index (χ1) is 10.9. The second-order valence-corrected chi connectivity index (χ2v) is 5.78. The smallest absolute Gasteiger partial charge is 0.345 e. The monoisotopic (exact) mass is 339 g/mol. The van der Waals surface area contributed by atoms with Crippen LogP contribution in [0.3, 0.4) is 0 Å². The number of hydrogen-bond acceptors (Lipinski definition) is 5. The summed E-state index contributed by atoms with van der Waals surface area (Å²) < 4.78 is 61.5. The highest BCUT2D eigenvalue weighted by atomic mass is 32.2. The van der Waals surface area contributed by atoms with E-state index in [0.717, 1.165) is 18.2 Å². The molecule has 0 aliphatic rings. The van der Waals surface area contributed by atoms with Crippen molar-refractivity contribution in [2.75, 3.05) is 6.61 Å². The van der Waals surface area contributed by atoms with Crippen LogP contribution in [0.15, 0.2) is 41.3 Å². The lowest BCUT2D eigenvalue weighted by molar-refractivity contribution is 0.327. The molecule has 2 aromatic carbocycles. The lowest BCUT2D eigenvalue weighted by Crippen LogP contribution is -2.14. The fraction of sp³-hybridized carbons (Fsp3) is 0.133. The second kappa shape index (κ2) is 6.62. The van der Waals surface area contributed by atoms with E-state index in [9.17, 15) is 17.2 Å². The van der Waals surface area contributed by atoms with Crippen molar-refractivity contribution in [1.82, 2.24) is 0 Å². The normalized spacial score (nSPS) is 10.9. The molecule has 120 valence electrons. The third-order valence-electron chi connectivity index (χ3n) is 2.74. The summed E-state index contributed by atoms with van der Waals surface area (Å²) in [6.45, 7) is 1.83. The van der Waals surface area contributed by atoms with Crippen LogP contribution >= 0.6 is 0 Å². The quantitative estimate of drug-likeness (QED) is 0.783. The van der Waals surface area contributed by atoms with E-state index in [1.54, 1.807) is 6.92 Å². The van der Waals surface area contributed by atoms with Gasteiger partial charge in [-0.15, -0.1) is 0 Å². The van der Waals surface area contributed by atoms with Crippen molar-refractivity contribution >= 4 is 10.1 Å². The number of benzene rings is 2. The van der Waals surface area contributed by atoms with Gasteiger partial charge in [-0.25, -0.2) is 8.78 Å². The molecule has 0 unspecified atom stereocenters. The molecule has 0 aromatic heterocycles. The van der Waals surface area contributed by atoms with Gasteiger partial charge in [0, 0.05) is 6.07 Å². The highest BCUT2D eigenvalue weighted by Crippen LogP contribution is 2.32. The molecule has 0 bridgehead atoms. The van der Waals surface area contributed by atoms with Gasteiger partial charge in [-0.3, -0.25) is 0 Å². The van der Waals surface area contributed by atoms with Gasteiger partial charge in [0.1, 0.15) is 11.6 Å². The van der Waals surface area contributed by atoms with Crippen LogP contribution in [0.1, 0.15) is 12.5 Å². The van der Waals surface area contributed by atoms with E-state index in [-0.39, 0.29) is 23.7 Å². The molecule has 0 heterocycles. The average molecular weight is 339 g/mol. The summed E-state index contributed by atoms with van der Waals surface area (Å²) in [5.41, 5.74) is 0.218. The Labute approximate surface area is 131 Å². The predicted molar refractivity (Wildman–Crippen MR) is 76.5 cm³/mol. The Morgan fingerprint density at radius 3 is 2.35 bits per heavy atom. The van der Waals surface area contributed by atoms with E-state index in [1.807, 2.05) is 6.07 Å². The van der Waals surface area contributed by atoms with Crippen LogP contribution < -0.4 is 8.92 Å². The number of ether oxygens (including phenoxy) is 1. The summed E-state index contributed by atoms with van der Waals surface area (Å²) >= 11 is 0. The van der Waals surface area contributed by atoms with Gasteiger partial charge in [0.15, 0.2) is 16.4 Å². The van der Waals surface area contributed by atoms with Crippen molar-refractivity contribution < 1.29 is 26.1 Å². The molecule has 0 aliphatic carbocycles. The van der Waals surface area contributed by atoms with Crippen molar-refractivity contribution in [2.24, 2.45) is 0 Å². The first kappa shape index (κ1) is 16.7. The van der Waals surface area contributed by atoms with E-state index >= 15 is 0 Å². The van der Waals surface area contributed by atoms with Gasteiger partial charge in [0.05, 0.1) is 18.2 Å². The molecule has 0 saturated carbocycles. The summed E-state index contributed by atoms with van der Waals surface area (Å²) in [5.74, 6) is -2.83. The minimum atomic E-state index is -4.75. The van der Waals surface area contributed by atoms with Crippen LogP contribution in [0.4, 0.5) is 8.78 Å². The lowest BCUT2D eigenvalue weighted by atomic mass is 10.2. The van der Waals surface area contributed by atoms with Crippen LogP contribution in [0.5, 0.6) is 11.5 Å². The largest absolute Gasteiger partial charge is 0.490 e. The predicted octanol–water partition coefficient (Wildman–Crippen LogP) is 3.00. The van der Waals surface area contributed by atoms with Gasteiger partial charge in [-0.1, -0.05) is 6.07 Å². The fourth-order valence-corrected chi connectivity index (χ4v) is 2.87. The number of halogens is 2. The Kier molecular flexibility index (Phi) is 4.81. The highest BCUT2D eigenvalue weighted by Gasteiger charge is 2.27. The molecule has 0 saturated heterocycles. The van der Waals surface area contributed by atoms with Crippen molar-refractivity contribution in [2.45, 2.75) is 11.8 Å². The minimum Gasteiger partial charge on any atom is -0.490 e. The second-order valence-electron chi connectivity index (χ2n) is 4.29. The van der Waals surface area contributed by atoms with E-state index in [1.165, 1.54) is 18.2 Å². The van der Waals surface area contributed by atoms with Gasteiger partial charge >= 0.3 is 10.1 Å². The van der Waals surface area contributed by atoms with Crippen molar-refractivity contribution in [3.8, 4) is 17.6 Å². The zero-order valence-electron chi connectivity index (χ0n) is 11.9. The highest BCUT2D eigenvalue weighted by molar-refractivity contribution is 7.87. The van der Waals surface area contributed by atoms with Gasteiger partial charge in [0.2, 0.25) is 0 Å². The molecule has 5 nitrogen and oxygen atoms in total. The first-order valence-corrected chi connectivity index (χ1v) is 7.85. The average Bonchev–Trinajstić information content (AvgIpc) is 2.48. The third-order valence-corrected chi connectivity index (χ3v) is 4.03. The van der Waals surface area contributed by atoms with Crippen molar-refractivity contribution in [3.63, 3.8) is 0 Å². The molecule has 23 heavy (non-hydrogen) atoms. The summed E-state index contributed by atoms with van der Waals surface area (Å²) in [7, 11) is -4.75. The molecular weight excluding hydrogens is 328 g/mol. The summed E-state index contributed by atoms with van der Waals surface area (Å²) in [6, 6.07) is 8.26. The van der Waals surface area contributed by atoms with E-state index < -0.39 is 26.6 Å². The van der Waals surface area contributed by atoms with Crippen molar-refractivity contribution in [3.05, 3.63) is 53.6 Å². The Morgan fingerprint density at radius 1 is 1.13 bits per heavy atom. The Bertz CT molecular complexity index is 855. The van der Waals surface area contributed by atoms with Crippen LogP contribution in [0, 0.1) is 23.0 Å². The zero-order valence-corrected chi connectivity index (χ0v) is 12.7. The maximum absolute atomic E-state index is 13.6. The van der Waals surface area contributed by atoms with Gasteiger partial charge in [-0.2, -0.15) is 13.7 Å². The molecule has 0 fully saturated rings. The third kappa shape index (κ3) is 3.57. The molecule has 0 aliphatic heterocycles. The van der Waals surface area contributed by atoms with Gasteiger partial charge in [-0.05, 0) is 31.2 Å². The van der Waals surface area contributed by atoms with Crippen LogP contribution in [0.2, 0.25) is 0 Å². The Balaban J connectivity index is 2.48. The maximum Gasteiger partial charge on any atom is 0.345 e. The number of nitrogens with zero attached hydrogens (tertiary/aromatic N) is 1. The molecule has 0 amide bonds. The summed E-state index contributed by atoms with van der Waals surface area (Å²) in [5, 5.41) is 8.84. The van der Waals surface area contributed by atoms with E-state index in [0.29, 0.717) is 0 Å². The van der Waals surface area contributed by atoms with Gasteiger partial charge < -0.3 is 8.92 Å². The molecule has 2 aromatic rings.